The Hall–Kier alpha value is -5.00. The maximum Gasteiger partial charge on any atom is 0.412 e. The van der Waals surface area contributed by atoms with Gasteiger partial charge in [0.2, 0.25) is 0 Å². The average molecular weight is 934 g/mol. The number of carbonyl (C=O) groups excluding carboxylic acids is 4. The summed E-state index contributed by atoms with van der Waals surface area (Å²) in [5.74, 6) is 0.618. The fraction of sp³-hybridized carbons (Fsp3) is 0.491. The van der Waals surface area contributed by atoms with E-state index in [1.54, 1.807) is 22.7 Å². The molecule has 0 fully saturated rings. The first kappa shape index (κ1) is 50.4. The van der Waals surface area contributed by atoms with Crippen molar-refractivity contribution in [1.82, 2.24) is 4.90 Å². The number of allylic oxidation sites excluding steroid dienone is 1. The molecular formula is C55H71N3O6S2. The van der Waals surface area contributed by atoms with Crippen LogP contribution in [0, 0.1) is 17.8 Å². The molecule has 6 rings (SSSR count). The Balaban J connectivity index is 1.43. The Kier molecular flexibility index (Phi) is 17.0. The summed E-state index contributed by atoms with van der Waals surface area (Å²) in [5, 5.41) is 5.65. The number of benzene rings is 2. The number of amides is 3. The lowest BCUT2D eigenvalue weighted by atomic mass is 9.73. The summed E-state index contributed by atoms with van der Waals surface area (Å²) in [6.45, 7) is 20.4. The van der Waals surface area contributed by atoms with Crippen molar-refractivity contribution in [1.29, 1.82) is 0 Å². The third kappa shape index (κ3) is 12.9. The van der Waals surface area contributed by atoms with Crippen LogP contribution in [0.2, 0.25) is 0 Å². The van der Waals surface area contributed by atoms with Gasteiger partial charge in [-0.25, -0.2) is 9.59 Å². The van der Waals surface area contributed by atoms with Gasteiger partial charge in [0.05, 0.1) is 21.7 Å². The van der Waals surface area contributed by atoms with Gasteiger partial charge in [-0.2, -0.15) is 0 Å². The van der Waals surface area contributed by atoms with Crippen LogP contribution in [0.25, 0.3) is 32.2 Å². The Morgan fingerprint density at radius 3 is 1.62 bits per heavy atom. The molecule has 4 aromatic rings. The summed E-state index contributed by atoms with van der Waals surface area (Å²) >= 11 is 3.25. The monoisotopic (exact) mass is 933 g/mol. The number of nitrogens with zero attached hydrogens (tertiary/aromatic N) is 1. The van der Waals surface area contributed by atoms with Gasteiger partial charge in [-0.3, -0.25) is 20.2 Å². The second kappa shape index (κ2) is 22.2. The first-order valence-corrected chi connectivity index (χ1v) is 25.8. The highest BCUT2D eigenvalue weighted by Gasteiger charge is 2.47. The van der Waals surface area contributed by atoms with Crippen LogP contribution in [-0.4, -0.2) is 46.5 Å². The number of thiophene rings is 2. The standard InChI is InChI=1S/C55H71N3O6S2/c1-11-15-17-19-35(13-3)32-39-33-42(59)48-49(47(39)45-30-28-43(65-45)37-20-24-40(25-21-37)56-52(61)63-54(5,6)7)51(60)58(34-36(14-4)18-16-12-2)50(48)46-31-29-44(66-46)38-22-26-41(27-23-38)57-53(62)64-55(8,9)10/h20-31,35-36,39H,11-19,32-34H2,1-10H3,(H,56,61)(H,57,62). The highest BCUT2D eigenvalue weighted by molar-refractivity contribution is 7.17. The van der Waals surface area contributed by atoms with Crippen LogP contribution in [0.15, 0.2) is 83.9 Å². The van der Waals surface area contributed by atoms with Gasteiger partial charge in [-0.1, -0.05) is 103 Å². The number of fused-ring (bicyclic) bond motifs is 1. The van der Waals surface area contributed by atoms with E-state index >= 15 is 4.79 Å². The van der Waals surface area contributed by atoms with Crippen LogP contribution in [0.3, 0.4) is 0 Å². The highest BCUT2D eigenvalue weighted by atomic mass is 32.1. The van der Waals surface area contributed by atoms with E-state index in [1.807, 2.05) is 95.0 Å². The van der Waals surface area contributed by atoms with Crippen molar-refractivity contribution in [3.63, 3.8) is 0 Å². The lowest BCUT2D eigenvalue weighted by Gasteiger charge is -2.29. The normalized spacial score (nSPS) is 16.4. The Labute approximate surface area is 401 Å². The Morgan fingerprint density at radius 2 is 1.12 bits per heavy atom. The fourth-order valence-electron chi connectivity index (χ4n) is 8.99. The van der Waals surface area contributed by atoms with Gasteiger partial charge >= 0.3 is 12.2 Å². The molecule has 0 saturated carbocycles. The van der Waals surface area contributed by atoms with E-state index in [0.717, 1.165) is 99.7 Å². The Bertz CT molecular complexity index is 2390. The number of hydrogen-bond donors (Lipinski definition) is 2. The van der Waals surface area contributed by atoms with E-state index in [2.05, 4.69) is 62.6 Å². The molecule has 354 valence electrons. The highest BCUT2D eigenvalue weighted by Crippen LogP contribution is 2.52. The molecule has 3 heterocycles. The number of hydrogen-bond acceptors (Lipinski definition) is 8. The maximum atomic E-state index is 15.5. The predicted molar refractivity (Wildman–Crippen MR) is 274 cm³/mol. The van der Waals surface area contributed by atoms with Crippen LogP contribution < -0.4 is 10.6 Å². The molecule has 11 heteroatoms. The second-order valence-electron chi connectivity index (χ2n) is 19.9. The predicted octanol–water partition coefficient (Wildman–Crippen LogP) is 15.6. The SMILES string of the molecule is CCCCCC(CC)CC1CC(=O)C2=C(c3ccc(-c4ccc(NC(=O)OC(C)(C)C)cc4)s3)N(CC(CC)CCCC)C(=O)C2=C1c1ccc(-c2ccc(NC(=O)OC(C)(C)C)cc2)s1. The zero-order valence-corrected chi connectivity index (χ0v) is 42.5. The molecule has 2 aromatic heterocycles. The molecule has 0 bridgehead atoms. The molecule has 3 amide bonds. The summed E-state index contributed by atoms with van der Waals surface area (Å²) in [7, 11) is 0. The van der Waals surface area contributed by atoms with Gasteiger partial charge in [0.25, 0.3) is 5.91 Å². The zero-order valence-electron chi connectivity index (χ0n) is 40.9. The molecule has 0 radical (unpaired) electrons. The summed E-state index contributed by atoms with van der Waals surface area (Å²) < 4.78 is 10.9. The van der Waals surface area contributed by atoms with Crippen molar-refractivity contribution in [2.75, 3.05) is 17.2 Å². The van der Waals surface area contributed by atoms with Crippen LogP contribution in [0.5, 0.6) is 0 Å². The van der Waals surface area contributed by atoms with Gasteiger partial charge in [0.1, 0.15) is 11.2 Å². The topological polar surface area (TPSA) is 114 Å². The number of ketones is 1. The van der Waals surface area contributed by atoms with E-state index in [9.17, 15) is 14.4 Å². The van der Waals surface area contributed by atoms with Crippen LogP contribution in [0.4, 0.5) is 21.0 Å². The van der Waals surface area contributed by atoms with Crippen molar-refractivity contribution in [2.24, 2.45) is 17.8 Å². The Morgan fingerprint density at radius 1 is 0.636 bits per heavy atom. The lowest BCUT2D eigenvalue weighted by molar-refractivity contribution is -0.124. The number of Topliss-reactive ketones (excluding diaryl/α,β-unsaturated/α-hetero) is 1. The largest absolute Gasteiger partial charge is 0.444 e. The smallest absolute Gasteiger partial charge is 0.412 e. The van der Waals surface area contributed by atoms with Crippen molar-refractivity contribution in [2.45, 2.75) is 151 Å². The molecule has 1 aliphatic heterocycles. The quantitative estimate of drug-likeness (QED) is 0.0905. The van der Waals surface area contributed by atoms with Gasteiger partial charge in [-0.15, -0.1) is 22.7 Å². The number of unbranched alkanes of at least 4 members (excludes halogenated alkanes) is 3. The number of nitrogens with one attached hydrogen (secondary N) is 2. The minimum Gasteiger partial charge on any atom is -0.444 e. The zero-order chi connectivity index (χ0) is 47.8. The van der Waals surface area contributed by atoms with E-state index in [0.29, 0.717) is 41.4 Å². The number of rotatable bonds is 19. The van der Waals surface area contributed by atoms with Gasteiger partial charge < -0.3 is 14.4 Å². The van der Waals surface area contributed by atoms with Crippen molar-refractivity contribution in [3.8, 4) is 20.9 Å². The molecule has 0 saturated heterocycles. The molecule has 3 unspecified atom stereocenters. The maximum absolute atomic E-state index is 15.5. The molecule has 2 aromatic carbocycles. The fourth-order valence-corrected chi connectivity index (χ4v) is 11.2. The van der Waals surface area contributed by atoms with Gasteiger partial charge in [0.15, 0.2) is 5.78 Å². The van der Waals surface area contributed by atoms with Crippen molar-refractivity contribution >= 4 is 69.2 Å². The van der Waals surface area contributed by atoms with Gasteiger partial charge in [0, 0.05) is 39.0 Å². The van der Waals surface area contributed by atoms with E-state index in [4.69, 9.17) is 9.47 Å². The van der Waals surface area contributed by atoms with Crippen molar-refractivity contribution in [3.05, 3.63) is 93.7 Å². The number of ether oxygens (including phenoxy) is 2. The summed E-state index contributed by atoms with van der Waals surface area (Å²) in [6.07, 6.45) is 9.94. The molecular weight excluding hydrogens is 863 g/mol. The summed E-state index contributed by atoms with van der Waals surface area (Å²) in [5.41, 5.74) is 4.92. The van der Waals surface area contributed by atoms with Crippen molar-refractivity contribution < 1.29 is 28.7 Å². The molecule has 2 N–H and O–H groups in total. The lowest BCUT2D eigenvalue weighted by Crippen LogP contribution is -2.31. The molecule has 66 heavy (non-hydrogen) atoms. The third-order valence-electron chi connectivity index (χ3n) is 12.3. The summed E-state index contributed by atoms with van der Waals surface area (Å²) in [6, 6.07) is 23.8. The first-order valence-electron chi connectivity index (χ1n) is 24.2. The average Bonchev–Trinajstić information content (AvgIpc) is 4.00. The third-order valence-corrected chi connectivity index (χ3v) is 14.6. The molecule has 2 aliphatic rings. The van der Waals surface area contributed by atoms with E-state index in [-0.39, 0.29) is 23.5 Å². The van der Waals surface area contributed by atoms with E-state index < -0.39 is 23.4 Å². The molecule has 0 spiro atoms. The summed E-state index contributed by atoms with van der Waals surface area (Å²) in [4.78, 5) is 61.3. The van der Waals surface area contributed by atoms with E-state index in [1.165, 1.54) is 6.42 Å². The molecule has 3 atom stereocenters. The first-order chi connectivity index (χ1) is 31.4. The van der Waals surface area contributed by atoms with Crippen LogP contribution in [-0.2, 0) is 19.1 Å². The van der Waals surface area contributed by atoms with Crippen LogP contribution >= 0.6 is 22.7 Å². The minimum atomic E-state index is -0.608. The minimum absolute atomic E-state index is 0.0481. The van der Waals surface area contributed by atoms with Crippen LogP contribution in [0.1, 0.15) is 150 Å². The van der Waals surface area contributed by atoms with Gasteiger partial charge in [-0.05, 0) is 137 Å². The second-order valence-corrected chi connectivity index (χ2v) is 22.1. The number of carbonyl (C=O) groups is 4. The molecule has 1 aliphatic carbocycles. The molecule has 9 nitrogen and oxygen atoms in total. The number of anilines is 2.